The van der Waals surface area contributed by atoms with Crippen molar-refractivity contribution in [3.8, 4) is 23.3 Å². The van der Waals surface area contributed by atoms with Crippen LogP contribution in [0.4, 0.5) is 0 Å². The lowest BCUT2D eigenvalue weighted by atomic mass is 10.1. The normalized spacial score (nSPS) is 10.7. The first kappa shape index (κ1) is 19.7. The molecular formula is C24H19NO4. The first-order valence-corrected chi connectivity index (χ1v) is 8.93. The van der Waals surface area contributed by atoms with Gasteiger partial charge in [0, 0.05) is 5.56 Å². The van der Waals surface area contributed by atoms with Crippen molar-refractivity contribution >= 4 is 12.0 Å². The fourth-order valence-electron chi connectivity index (χ4n) is 2.56. The quantitative estimate of drug-likeness (QED) is 0.320. The van der Waals surface area contributed by atoms with Gasteiger partial charge in [-0.15, -0.1) is 0 Å². The molecule has 29 heavy (non-hydrogen) atoms. The molecule has 0 saturated heterocycles. The average molecular weight is 385 g/mol. The van der Waals surface area contributed by atoms with Crippen LogP contribution in [0.1, 0.15) is 11.1 Å². The van der Waals surface area contributed by atoms with Gasteiger partial charge < -0.3 is 14.2 Å². The predicted molar refractivity (Wildman–Crippen MR) is 109 cm³/mol. The van der Waals surface area contributed by atoms with Gasteiger partial charge in [0.1, 0.15) is 35.5 Å². The highest BCUT2D eigenvalue weighted by Gasteiger charge is 2.13. The molecule has 0 heterocycles. The lowest BCUT2D eigenvalue weighted by molar-refractivity contribution is -0.139. The minimum Gasteiger partial charge on any atom is -0.497 e. The number of nitrogens with zero attached hydrogens (tertiary/aromatic N) is 1. The van der Waals surface area contributed by atoms with E-state index >= 15 is 0 Å². The van der Waals surface area contributed by atoms with Crippen molar-refractivity contribution in [3.63, 3.8) is 0 Å². The van der Waals surface area contributed by atoms with E-state index in [1.807, 2.05) is 54.6 Å². The van der Waals surface area contributed by atoms with E-state index < -0.39 is 5.97 Å². The van der Waals surface area contributed by atoms with Gasteiger partial charge in [0.25, 0.3) is 0 Å². The van der Waals surface area contributed by atoms with Gasteiger partial charge in [0.15, 0.2) is 0 Å². The first-order chi connectivity index (χ1) is 14.2. The van der Waals surface area contributed by atoms with Crippen LogP contribution in [-0.2, 0) is 16.1 Å². The van der Waals surface area contributed by atoms with Crippen molar-refractivity contribution in [1.82, 2.24) is 0 Å². The standard InChI is InChI=1S/C24H19NO4/c1-27-21-13-11-18(12-14-21)15-20(16-25)24(26)28-17-19-7-5-6-10-23(19)29-22-8-3-2-4-9-22/h2-15H,17H2,1H3/b20-15+. The SMILES string of the molecule is COc1ccc(/C=C(\C#N)C(=O)OCc2ccccc2Oc2ccccc2)cc1. The van der Waals surface area contributed by atoms with E-state index in [1.165, 1.54) is 6.08 Å². The molecule has 3 aromatic rings. The summed E-state index contributed by atoms with van der Waals surface area (Å²) >= 11 is 0. The van der Waals surface area contributed by atoms with Crippen LogP contribution in [-0.4, -0.2) is 13.1 Å². The zero-order chi connectivity index (χ0) is 20.5. The highest BCUT2D eigenvalue weighted by molar-refractivity contribution is 5.97. The Hall–Kier alpha value is -4.04. The summed E-state index contributed by atoms with van der Waals surface area (Å²) in [5.74, 6) is 1.27. The molecule has 0 fully saturated rings. The molecule has 0 aliphatic rings. The van der Waals surface area contributed by atoms with Crippen LogP contribution >= 0.6 is 0 Å². The van der Waals surface area contributed by atoms with Gasteiger partial charge in [-0.25, -0.2) is 4.79 Å². The van der Waals surface area contributed by atoms with E-state index in [9.17, 15) is 10.1 Å². The number of esters is 1. The molecular weight excluding hydrogens is 366 g/mol. The Labute approximate surface area is 169 Å². The topological polar surface area (TPSA) is 68.5 Å². The minimum atomic E-state index is -0.696. The number of carbonyl (C=O) groups is 1. The second kappa shape index (κ2) is 9.77. The fourth-order valence-corrected chi connectivity index (χ4v) is 2.56. The smallest absolute Gasteiger partial charge is 0.349 e. The zero-order valence-electron chi connectivity index (χ0n) is 15.9. The molecule has 0 amide bonds. The number of carbonyl (C=O) groups excluding carboxylic acids is 1. The number of methoxy groups -OCH3 is 1. The number of hydrogen-bond donors (Lipinski definition) is 0. The maximum atomic E-state index is 12.4. The van der Waals surface area contributed by atoms with Crippen molar-refractivity contribution in [2.24, 2.45) is 0 Å². The van der Waals surface area contributed by atoms with Gasteiger partial charge in [-0.1, -0.05) is 48.5 Å². The van der Waals surface area contributed by atoms with Crippen LogP contribution in [0, 0.1) is 11.3 Å². The Balaban J connectivity index is 1.69. The summed E-state index contributed by atoms with van der Waals surface area (Å²) in [5.41, 5.74) is 1.31. The van der Waals surface area contributed by atoms with Crippen molar-refractivity contribution in [2.75, 3.05) is 7.11 Å². The largest absolute Gasteiger partial charge is 0.497 e. The predicted octanol–water partition coefficient (Wildman–Crippen LogP) is 5.14. The van der Waals surface area contributed by atoms with E-state index in [-0.39, 0.29) is 12.2 Å². The molecule has 5 heteroatoms. The zero-order valence-corrected chi connectivity index (χ0v) is 15.9. The number of hydrogen-bond acceptors (Lipinski definition) is 5. The van der Waals surface area contributed by atoms with Gasteiger partial charge in [0.2, 0.25) is 0 Å². The molecule has 0 aliphatic heterocycles. The summed E-state index contributed by atoms with van der Waals surface area (Å²) in [5, 5.41) is 9.34. The highest BCUT2D eigenvalue weighted by atomic mass is 16.5. The van der Waals surface area contributed by atoms with Gasteiger partial charge in [-0.3, -0.25) is 0 Å². The van der Waals surface area contributed by atoms with Crippen LogP contribution in [0.25, 0.3) is 6.08 Å². The van der Waals surface area contributed by atoms with Crippen molar-refractivity contribution in [3.05, 3.63) is 95.6 Å². The Bertz CT molecular complexity index is 1030. The third-order valence-corrected chi connectivity index (χ3v) is 4.07. The third-order valence-electron chi connectivity index (χ3n) is 4.07. The molecule has 0 saturated carbocycles. The molecule has 0 N–H and O–H groups in total. The van der Waals surface area contributed by atoms with Gasteiger partial charge in [-0.2, -0.15) is 5.26 Å². The molecule has 5 nitrogen and oxygen atoms in total. The second-order valence-corrected chi connectivity index (χ2v) is 6.04. The maximum Gasteiger partial charge on any atom is 0.349 e. The Kier molecular flexibility index (Phi) is 6.64. The molecule has 3 rings (SSSR count). The Morgan fingerprint density at radius 3 is 2.31 bits per heavy atom. The average Bonchev–Trinajstić information content (AvgIpc) is 2.77. The molecule has 0 aliphatic carbocycles. The maximum absolute atomic E-state index is 12.4. The molecule has 0 aromatic heterocycles. The molecule has 0 spiro atoms. The molecule has 3 aromatic carbocycles. The van der Waals surface area contributed by atoms with Crippen LogP contribution in [0.5, 0.6) is 17.2 Å². The number of benzene rings is 3. The third kappa shape index (κ3) is 5.47. The summed E-state index contributed by atoms with van der Waals surface area (Å²) in [6.07, 6.45) is 1.48. The summed E-state index contributed by atoms with van der Waals surface area (Å²) < 4.78 is 16.3. The highest BCUT2D eigenvalue weighted by Crippen LogP contribution is 2.26. The van der Waals surface area contributed by atoms with E-state index in [4.69, 9.17) is 14.2 Å². The van der Waals surface area contributed by atoms with E-state index in [0.29, 0.717) is 28.4 Å². The van der Waals surface area contributed by atoms with Crippen molar-refractivity contribution < 1.29 is 19.0 Å². The second-order valence-electron chi connectivity index (χ2n) is 6.04. The number of rotatable bonds is 7. The molecule has 144 valence electrons. The van der Waals surface area contributed by atoms with Crippen molar-refractivity contribution in [2.45, 2.75) is 6.61 Å². The van der Waals surface area contributed by atoms with Crippen LogP contribution in [0.2, 0.25) is 0 Å². The molecule has 0 atom stereocenters. The number of nitriles is 1. The summed E-state index contributed by atoms with van der Waals surface area (Å²) in [6.45, 7) is -0.0104. The van der Waals surface area contributed by atoms with Gasteiger partial charge in [0.05, 0.1) is 7.11 Å². The van der Waals surface area contributed by atoms with Crippen LogP contribution in [0.15, 0.2) is 84.4 Å². The summed E-state index contributed by atoms with van der Waals surface area (Å²) in [6, 6.07) is 25.5. The first-order valence-electron chi connectivity index (χ1n) is 8.93. The lowest BCUT2D eigenvalue weighted by Crippen LogP contribution is -2.07. The lowest BCUT2D eigenvalue weighted by Gasteiger charge is -2.11. The minimum absolute atomic E-state index is 0.0104. The van der Waals surface area contributed by atoms with E-state index in [1.54, 1.807) is 37.4 Å². The molecule has 0 unspecified atom stereocenters. The van der Waals surface area contributed by atoms with Gasteiger partial charge in [-0.05, 0) is 42.0 Å². The Morgan fingerprint density at radius 2 is 1.62 bits per heavy atom. The van der Waals surface area contributed by atoms with E-state index in [2.05, 4.69) is 0 Å². The summed E-state index contributed by atoms with van der Waals surface area (Å²) in [7, 11) is 1.57. The fraction of sp³-hybridized carbons (Fsp3) is 0.0833. The van der Waals surface area contributed by atoms with E-state index in [0.717, 1.165) is 0 Å². The van der Waals surface area contributed by atoms with Gasteiger partial charge >= 0.3 is 5.97 Å². The number of para-hydroxylation sites is 2. The number of ether oxygens (including phenoxy) is 3. The van der Waals surface area contributed by atoms with Crippen LogP contribution in [0.3, 0.4) is 0 Å². The summed E-state index contributed by atoms with van der Waals surface area (Å²) in [4.78, 5) is 12.4. The monoisotopic (exact) mass is 385 g/mol. The van der Waals surface area contributed by atoms with Crippen molar-refractivity contribution in [1.29, 1.82) is 5.26 Å². The Morgan fingerprint density at radius 1 is 0.931 bits per heavy atom. The molecule has 0 radical (unpaired) electrons. The van der Waals surface area contributed by atoms with Crippen LogP contribution < -0.4 is 9.47 Å². The molecule has 0 bridgehead atoms.